The van der Waals surface area contributed by atoms with Gasteiger partial charge in [-0.2, -0.15) is 0 Å². The van der Waals surface area contributed by atoms with Gasteiger partial charge in [-0.15, -0.1) is 0 Å². The van der Waals surface area contributed by atoms with E-state index in [9.17, 15) is 4.79 Å². The Morgan fingerprint density at radius 2 is 1.61 bits per heavy atom. The molecule has 2 rings (SSSR count). The fourth-order valence-electron chi connectivity index (χ4n) is 2.22. The molecule has 0 aromatic heterocycles. The number of hydrogen-bond acceptors (Lipinski definition) is 2. The number of rotatable bonds is 5. The standard InChI is InChI=1S/C20H22N2O/c1-16(23)21-19-14-13-18(15-20(19)22(2)3)12-8-7-11-17-9-5-4-6-10-17/h4-15H,1-3H3,(H,21,23)/b11-7+,12-8+. The van der Waals surface area contributed by atoms with Crippen molar-refractivity contribution in [1.82, 2.24) is 0 Å². The molecular weight excluding hydrogens is 284 g/mol. The highest BCUT2D eigenvalue weighted by Crippen LogP contribution is 2.26. The number of allylic oxidation sites excluding steroid dienone is 2. The normalized spacial score (nSPS) is 11.1. The minimum Gasteiger partial charge on any atom is -0.376 e. The van der Waals surface area contributed by atoms with Crippen LogP contribution in [0.5, 0.6) is 0 Å². The van der Waals surface area contributed by atoms with E-state index in [4.69, 9.17) is 0 Å². The van der Waals surface area contributed by atoms with Crippen LogP contribution in [-0.2, 0) is 4.79 Å². The van der Waals surface area contributed by atoms with Crippen molar-refractivity contribution < 1.29 is 4.79 Å². The Kier molecular flexibility index (Phi) is 5.75. The van der Waals surface area contributed by atoms with E-state index in [-0.39, 0.29) is 5.91 Å². The quantitative estimate of drug-likeness (QED) is 0.828. The van der Waals surface area contributed by atoms with Crippen LogP contribution in [0, 0.1) is 0 Å². The van der Waals surface area contributed by atoms with E-state index >= 15 is 0 Å². The van der Waals surface area contributed by atoms with E-state index < -0.39 is 0 Å². The summed E-state index contributed by atoms with van der Waals surface area (Å²) in [6.07, 6.45) is 8.14. The van der Waals surface area contributed by atoms with Crippen molar-refractivity contribution in [2.75, 3.05) is 24.3 Å². The number of amides is 1. The molecule has 0 saturated heterocycles. The summed E-state index contributed by atoms with van der Waals surface area (Å²) < 4.78 is 0. The Morgan fingerprint density at radius 1 is 0.957 bits per heavy atom. The molecule has 0 aliphatic rings. The first-order valence-corrected chi connectivity index (χ1v) is 7.55. The second-order valence-corrected chi connectivity index (χ2v) is 5.48. The third-order valence-electron chi connectivity index (χ3n) is 3.30. The predicted molar refractivity (Wildman–Crippen MR) is 99.6 cm³/mol. The number of carbonyl (C=O) groups is 1. The molecular formula is C20H22N2O. The lowest BCUT2D eigenvalue weighted by Crippen LogP contribution is -2.14. The lowest BCUT2D eigenvalue weighted by Gasteiger charge is -2.18. The summed E-state index contributed by atoms with van der Waals surface area (Å²) in [5.74, 6) is -0.0674. The molecule has 2 aromatic carbocycles. The van der Waals surface area contributed by atoms with Crippen molar-refractivity contribution in [2.24, 2.45) is 0 Å². The van der Waals surface area contributed by atoms with Gasteiger partial charge in [0.15, 0.2) is 0 Å². The van der Waals surface area contributed by atoms with E-state index in [0.717, 1.165) is 16.9 Å². The summed E-state index contributed by atoms with van der Waals surface area (Å²) in [6, 6.07) is 16.2. The van der Waals surface area contributed by atoms with Gasteiger partial charge in [-0.25, -0.2) is 0 Å². The van der Waals surface area contributed by atoms with Crippen molar-refractivity contribution in [1.29, 1.82) is 0 Å². The van der Waals surface area contributed by atoms with Gasteiger partial charge in [0.25, 0.3) is 0 Å². The van der Waals surface area contributed by atoms with Gasteiger partial charge < -0.3 is 10.2 Å². The number of hydrogen-bond donors (Lipinski definition) is 1. The zero-order chi connectivity index (χ0) is 16.7. The smallest absolute Gasteiger partial charge is 0.221 e. The molecule has 3 nitrogen and oxygen atoms in total. The summed E-state index contributed by atoms with van der Waals surface area (Å²) in [4.78, 5) is 13.3. The Hall–Kier alpha value is -2.81. The van der Waals surface area contributed by atoms with Crippen LogP contribution in [0.2, 0.25) is 0 Å². The van der Waals surface area contributed by atoms with Gasteiger partial charge in [-0.3, -0.25) is 4.79 Å². The molecule has 0 unspecified atom stereocenters. The summed E-state index contributed by atoms with van der Waals surface area (Å²) in [5, 5.41) is 2.85. The summed E-state index contributed by atoms with van der Waals surface area (Å²) in [6.45, 7) is 1.52. The molecule has 0 fully saturated rings. The monoisotopic (exact) mass is 306 g/mol. The molecule has 0 saturated carbocycles. The van der Waals surface area contributed by atoms with Crippen LogP contribution < -0.4 is 10.2 Å². The highest BCUT2D eigenvalue weighted by atomic mass is 16.1. The fourth-order valence-corrected chi connectivity index (χ4v) is 2.22. The molecule has 2 aromatic rings. The first-order chi connectivity index (χ1) is 11.1. The predicted octanol–water partition coefficient (Wildman–Crippen LogP) is 4.44. The number of nitrogens with one attached hydrogen (secondary N) is 1. The molecule has 0 radical (unpaired) electrons. The van der Waals surface area contributed by atoms with E-state index in [0.29, 0.717) is 0 Å². The van der Waals surface area contributed by atoms with Crippen LogP contribution in [0.4, 0.5) is 11.4 Å². The van der Waals surface area contributed by atoms with Gasteiger partial charge in [0.2, 0.25) is 5.91 Å². The number of benzene rings is 2. The van der Waals surface area contributed by atoms with Gasteiger partial charge in [-0.1, -0.05) is 60.7 Å². The van der Waals surface area contributed by atoms with Crippen molar-refractivity contribution in [3.63, 3.8) is 0 Å². The zero-order valence-electron chi connectivity index (χ0n) is 13.8. The largest absolute Gasteiger partial charge is 0.376 e. The average Bonchev–Trinajstić information content (AvgIpc) is 2.53. The SMILES string of the molecule is CC(=O)Nc1ccc(/C=C/C=C/c2ccccc2)cc1N(C)C. The Labute approximate surface area is 138 Å². The third-order valence-corrected chi connectivity index (χ3v) is 3.30. The minimum absolute atomic E-state index is 0.0674. The van der Waals surface area contributed by atoms with Crippen molar-refractivity contribution in [3.05, 3.63) is 71.8 Å². The molecule has 0 spiro atoms. The van der Waals surface area contributed by atoms with Gasteiger partial charge in [0, 0.05) is 21.0 Å². The molecule has 1 N–H and O–H groups in total. The first kappa shape index (κ1) is 16.6. The molecule has 118 valence electrons. The van der Waals surface area contributed by atoms with E-state index in [1.54, 1.807) is 0 Å². The molecule has 0 heterocycles. The summed E-state index contributed by atoms with van der Waals surface area (Å²) in [7, 11) is 3.92. The van der Waals surface area contributed by atoms with Gasteiger partial charge in [0.1, 0.15) is 0 Å². The second kappa shape index (κ2) is 7.99. The lowest BCUT2D eigenvalue weighted by molar-refractivity contribution is -0.114. The van der Waals surface area contributed by atoms with Crippen LogP contribution in [0.15, 0.2) is 60.7 Å². The highest BCUT2D eigenvalue weighted by Gasteiger charge is 2.06. The minimum atomic E-state index is -0.0674. The van der Waals surface area contributed by atoms with Gasteiger partial charge in [0.05, 0.1) is 11.4 Å². The molecule has 0 aliphatic carbocycles. The Bertz CT molecular complexity index is 716. The third kappa shape index (κ3) is 5.15. The molecule has 3 heteroatoms. The highest BCUT2D eigenvalue weighted by molar-refractivity contribution is 5.93. The number of anilines is 2. The molecule has 0 atom stereocenters. The van der Waals surface area contributed by atoms with Crippen LogP contribution in [0.3, 0.4) is 0 Å². The van der Waals surface area contributed by atoms with Crippen LogP contribution >= 0.6 is 0 Å². The lowest BCUT2D eigenvalue weighted by atomic mass is 10.1. The average molecular weight is 306 g/mol. The van der Waals surface area contributed by atoms with Crippen LogP contribution in [0.1, 0.15) is 18.1 Å². The maximum absolute atomic E-state index is 11.3. The molecule has 23 heavy (non-hydrogen) atoms. The molecule has 1 amide bonds. The van der Waals surface area contributed by atoms with E-state index in [1.807, 2.05) is 67.6 Å². The molecule has 0 bridgehead atoms. The van der Waals surface area contributed by atoms with Crippen molar-refractivity contribution in [2.45, 2.75) is 6.92 Å². The van der Waals surface area contributed by atoms with Crippen LogP contribution in [-0.4, -0.2) is 20.0 Å². The van der Waals surface area contributed by atoms with Crippen molar-refractivity contribution >= 4 is 29.4 Å². The maximum atomic E-state index is 11.3. The van der Waals surface area contributed by atoms with E-state index in [1.165, 1.54) is 12.5 Å². The topological polar surface area (TPSA) is 32.3 Å². The summed E-state index contributed by atoms with van der Waals surface area (Å²) >= 11 is 0. The van der Waals surface area contributed by atoms with Gasteiger partial charge >= 0.3 is 0 Å². The number of carbonyl (C=O) groups excluding carboxylic acids is 1. The Balaban J connectivity index is 2.14. The summed E-state index contributed by atoms with van der Waals surface area (Å²) in [5.41, 5.74) is 4.06. The fraction of sp³-hybridized carbons (Fsp3) is 0.150. The Morgan fingerprint density at radius 3 is 2.22 bits per heavy atom. The second-order valence-electron chi connectivity index (χ2n) is 5.48. The maximum Gasteiger partial charge on any atom is 0.221 e. The van der Waals surface area contributed by atoms with Crippen molar-refractivity contribution in [3.8, 4) is 0 Å². The number of nitrogens with zero attached hydrogens (tertiary/aromatic N) is 1. The van der Waals surface area contributed by atoms with Crippen LogP contribution in [0.25, 0.3) is 12.2 Å². The molecule has 0 aliphatic heterocycles. The van der Waals surface area contributed by atoms with E-state index in [2.05, 4.69) is 29.6 Å². The van der Waals surface area contributed by atoms with Gasteiger partial charge in [-0.05, 0) is 23.3 Å². The zero-order valence-corrected chi connectivity index (χ0v) is 13.8. The first-order valence-electron chi connectivity index (χ1n) is 7.55.